The highest BCUT2D eigenvalue weighted by Crippen LogP contribution is 2.37. The number of amides is 1. The van der Waals surface area contributed by atoms with Gasteiger partial charge in [-0.1, -0.05) is 30.8 Å². The summed E-state index contributed by atoms with van der Waals surface area (Å²) in [6.07, 6.45) is 1.61. The number of anilines is 2. The highest BCUT2D eigenvalue weighted by atomic mass is 19.1. The van der Waals surface area contributed by atoms with E-state index in [2.05, 4.69) is 22.4 Å². The normalized spacial score (nSPS) is 20.5. The van der Waals surface area contributed by atoms with Gasteiger partial charge in [-0.05, 0) is 58.2 Å². The number of hydrogen-bond donors (Lipinski definition) is 0. The summed E-state index contributed by atoms with van der Waals surface area (Å²) >= 11 is 0. The van der Waals surface area contributed by atoms with Gasteiger partial charge >= 0.3 is 12.0 Å². The maximum atomic E-state index is 14.1. The van der Waals surface area contributed by atoms with Crippen LogP contribution in [0.5, 0.6) is 11.8 Å². The molecule has 0 spiro atoms. The number of nitrogens with zero attached hydrogens (tertiary/aromatic N) is 6. The molecule has 244 valence electrons. The molecule has 0 unspecified atom stereocenters. The first kappa shape index (κ1) is 31.7. The summed E-state index contributed by atoms with van der Waals surface area (Å²) in [5.74, 6) is 0.967. The molecule has 11 heteroatoms. The van der Waals surface area contributed by atoms with Gasteiger partial charge in [0, 0.05) is 68.0 Å². The van der Waals surface area contributed by atoms with E-state index >= 15 is 0 Å². The third-order valence-corrected chi connectivity index (χ3v) is 9.11. The Morgan fingerprint density at radius 2 is 1.83 bits per heavy atom. The van der Waals surface area contributed by atoms with Gasteiger partial charge in [0.2, 0.25) is 5.91 Å². The number of halogens is 1. The average molecular weight is 631 g/mol. The number of benzene rings is 2. The largest absolute Gasteiger partial charge is 0.462 e. The van der Waals surface area contributed by atoms with Crippen LogP contribution in [0.2, 0.25) is 0 Å². The second kappa shape index (κ2) is 12.9. The molecule has 2 atom stereocenters. The van der Waals surface area contributed by atoms with Crippen molar-refractivity contribution in [3.63, 3.8) is 0 Å². The fourth-order valence-corrected chi connectivity index (χ4v) is 6.41. The Hall–Kier alpha value is -4.25. The van der Waals surface area contributed by atoms with Crippen molar-refractivity contribution in [3.8, 4) is 11.8 Å². The van der Waals surface area contributed by atoms with Gasteiger partial charge in [-0.2, -0.15) is 9.97 Å². The van der Waals surface area contributed by atoms with E-state index in [0.29, 0.717) is 71.0 Å². The summed E-state index contributed by atoms with van der Waals surface area (Å²) in [6.45, 7) is 13.5. The molecule has 1 aromatic heterocycles. The quantitative estimate of drug-likeness (QED) is 0.214. The van der Waals surface area contributed by atoms with Gasteiger partial charge in [0.15, 0.2) is 0 Å². The van der Waals surface area contributed by atoms with Gasteiger partial charge in [0.05, 0.1) is 17.7 Å². The number of piperazine rings is 1. The standard InChI is InChI=1S/C35H43FN6O4/c1-6-31(43)40-13-15-41(16-14-40)32-28-11-12-42(21-29(28)37-34(38-32)45-22-25-18-24(36)20-39(25)5)30-19-26(46-33(44)35(2,3)4)17-23-9-7-8-10-27(23)30/h6-10,17,19,24-25H,1,11-16,18,20-22H2,2-5H3/t24-,25+/m1/s1. The van der Waals surface area contributed by atoms with Crippen molar-refractivity contribution >= 4 is 34.2 Å². The molecule has 0 aliphatic carbocycles. The van der Waals surface area contributed by atoms with Crippen molar-refractivity contribution in [3.05, 3.63) is 60.3 Å². The van der Waals surface area contributed by atoms with Gasteiger partial charge in [-0.3, -0.25) is 14.5 Å². The summed E-state index contributed by atoms with van der Waals surface area (Å²) in [6, 6.07) is 12.2. The lowest BCUT2D eigenvalue weighted by atomic mass is 9.97. The highest BCUT2D eigenvalue weighted by molar-refractivity contribution is 5.96. The van der Waals surface area contributed by atoms with E-state index in [1.807, 2.05) is 63.1 Å². The van der Waals surface area contributed by atoms with Crippen LogP contribution in [0.4, 0.5) is 15.9 Å². The molecule has 46 heavy (non-hydrogen) atoms. The number of likely N-dealkylation sites (N-methyl/N-ethyl adjacent to an activating group) is 1. The Bertz CT molecular complexity index is 1630. The smallest absolute Gasteiger partial charge is 0.318 e. The molecule has 3 aromatic rings. The molecule has 2 aromatic carbocycles. The molecule has 2 saturated heterocycles. The molecule has 1 amide bonds. The van der Waals surface area contributed by atoms with E-state index in [-0.39, 0.29) is 23.9 Å². The number of rotatable bonds is 7. The Morgan fingerprint density at radius 3 is 2.52 bits per heavy atom. The molecular weight excluding hydrogens is 587 g/mol. The van der Waals surface area contributed by atoms with E-state index in [9.17, 15) is 14.0 Å². The molecule has 0 saturated carbocycles. The van der Waals surface area contributed by atoms with Crippen molar-refractivity contribution in [2.24, 2.45) is 5.41 Å². The lowest BCUT2D eigenvalue weighted by Gasteiger charge is -2.38. The predicted octanol–water partition coefficient (Wildman–Crippen LogP) is 4.40. The molecule has 3 aliphatic rings. The number of alkyl halides is 1. The fourth-order valence-electron chi connectivity index (χ4n) is 6.41. The van der Waals surface area contributed by atoms with Crippen LogP contribution < -0.4 is 19.3 Å². The lowest BCUT2D eigenvalue weighted by molar-refractivity contribution is -0.143. The van der Waals surface area contributed by atoms with E-state index in [1.54, 1.807) is 4.90 Å². The van der Waals surface area contributed by atoms with Crippen LogP contribution in [0.15, 0.2) is 49.1 Å². The van der Waals surface area contributed by atoms with E-state index in [1.165, 1.54) is 6.08 Å². The van der Waals surface area contributed by atoms with Crippen molar-refractivity contribution in [2.45, 2.75) is 52.4 Å². The summed E-state index contributed by atoms with van der Waals surface area (Å²) in [5, 5.41) is 2.04. The summed E-state index contributed by atoms with van der Waals surface area (Å²) in [4.78, 5) is 43.1. The maximum Gasteiger partial charge on any atom is 0.318 e. The highest BCUT2D eigenvalue weighted by Gasteiger charge is 2.32. The zero-order valence-electron chi connectivity index (χ0n) is 27.2. The molecule has 10 nitrogen and oxygen atoms in total. The third kappa shape index (κ3) is 6.65. The van der Waals surface area contributed by atoms with Crippen LogP contribution in [0.25, 0.3) is 10.8 Å². The first-order valence-electron chi connectivity index (χ1n) is 16.0. The number of hydrogen-bond acceptors (Lipinski definition) is 9. The first-order valence-corrected chi connectivity index (χ1v) is 16.0. The van der Waals surface area contributed by atoms with Crippen LogP contribution in [0.1, 0.15) is 38.4 Å². The van der Waals surface area contributed by atoms with E-state index in [0.717, 1.165) is 33.5 Å². The maximum absolute atomic E-state index is 14.1. The third-order valence-electron chi connectivity index (χ3n) is 9.11. The van der Waals surface area contributed by atoms with Crippen molar-refractivity contribution in [1.82, 2.24) is 19.8 Å². The molecule has 3 aliphatic heterocycles. The van der Waals surface area contributed by atoms with E-state index in [4.69, 9.17) is 19.4 Å². The average Bonchev–Trinajstić information content (AvgIpc) is 3.38. The van der Waals surface area contributed by atoms with Gasteiger partial charge in [-0.25, -0.2) is 4.39 Å². The second-order valence-corrected chi connectivity index (χ2v) is 13.5. The van der Waals surface area contributed by atoms with Crippen LogP contribution in [0, 0.1) is 5.41 Å². The van der Waals surface area contributed by atoms with Gasteiger partial charge in [0.1, 0.15) is 24.3 Å². The molecule has 4 heterocycles. The number of carbonyl (C=O) groups is 2. The van der Waals surface area contributed by atoms with Crippen LogP contribution in [-0.4, -0.2) is 96.8 Å². The number of fused-ring (bicyclic) bond motifs is 2. The minimum absolute atomic E-state index is 0.0482. The molecule has 0 N–H and O–H groups in total. The SMILES string of the molecule is C=CC(=O)N1CCN(c2nc(OC[C@@H]3C[C@@H](F)CN3C)nc3c2CCN(c2cc(OC(=O)C(C)(C)C)cc4ccccc24)C3)CC1. The number of esters is 1. The van der Waals surface area contributed by atoms with Gasteiger partial charge < -0.3 is 24.2 Å². The van der Waals surface area contributed by atoms with Crippen molar-refractivity contribution in [2.75, 3.05) is 62.7 Å². The Labute approximate surface area is 269 Å². The predicted molar refractivity (Wildman–Crippen MR) is 176 cm³/mol. The fraction of sp³-hybridized carbons (Fsp3) is 0.486. The molecule has 0 bridgehead atoms. The number of ether oxygens (including phenoxy) is 2. The summed E-state index contributed by atoms with van der Waals surface area (Å²) in [5.41, 5.74) is 2.25. The topological polar surface area (TPSA) is 91.3 Å². The zero-order chi connectivity index (χ0) is 32.6. The van der Waals surface area contributed by atoms with Crippen molar-refractivity contribution in [1.29, 1.82) is 0 Å². The minimum atomic E-state index is -0.866. The Kier molecular flexibility index (Phi) is 8.87. The molecule has 6 rings (SSSR count). The molecule has 2 fully saturated rings. The molecular formula is C35H43FN6O4. The van der Waals surface area contributed by atoms with Gasteiger partial charge in [-0.15, -0.1) is 0 Å². The summed E-state index contributed by atoms with van der Waals surface area (Å²) in [7, 11) is 1.91. The number of likely N-dealkylation sites (tertiary alicyclic amines) is 1. The van der Waals surface area contributed by atoms with Crippen LogP contribution >= 0.6 is 0 Å². The Balaban J connectivity index is 1.32. The lowest BCUT2D eigenvalue weighted by Crippen LogP contribution is -2.49. The van der Waals surface area contributed by atoms with Crippen molar-refractivity contribution < 1.29 is 23.5 Å². The monoisotopic (exact) mass is 630 g/mol. The number of aromatic nitrogens is 2. The first-order chi connectivity index (χ1) is 22.0. The van der Waals surface area contributed by atoms with Crippen LogP contribution in [0.3, 0.4) is 0 Å². The molecule has 0 radical (unpaired) electrons. The van der Waals surface area contributed by atoms with E-state index < -0.39 is 11.6 Å². The van der Waals surface area contributed by atoms with Gasteiger partial charge in [0.25, 0.3) is 0 Å². The summed E-state index contributed by atoms with van der Waals surface area (Å²) < 4.78 is 26.1. The minimum Gasteiger partial charge on any atom is -0.462 e. The second-order valence-electron chi connectivity index (χ2n) is 13.5. The Morgan fingerprint density at radius 1 is 1.07 bits per heavy atom. The number of carbonyl (C=O) groups excluding carboxylic acids is 2. The zero-order valence-corrected chi connectivity index (χ0v) is 27.2. The van der Waals surface area contributed by atoms with Crippen LogP contribution in [-0.2, 0) is 22.6 Å².